The average molecular weight is 275 g/mol. The van der Waals surface area contributed by atoms with Gasteiger partial charge in [-0.15, -0.1) is 0 Å². The molecular weight excluding hydrogens is 254 g/mol. The molecule has 1 fully saturated rings. The molecule has 1 aromatic carbocycles. The minimum atomic E-state index is 0.680. The van der Waals surface area contributed by atoms with Gasteiger partial charge in [0.1, 0.15) is 5.00 Å². The van der Waals surface area contributed by atoms with Gasteiger partial charge in [-0.25, -0.2) is 0 Å². The highest BCUT2D eigenvalue weighted by molar-refractivity contribution is 7.11. The molecule has 0 saturated carbocycles. The predicted molar refractivity (Wildman–Crippen MR) is 82.9 cm³/mol. The molecule has 0 bridgehead atoms. The number of rotatable bonds is 5. The summed E-state index contributed by atoms with van der Waals surface area (Å²) in [5, 5.41) is 6.03. The number of fused-ring (bicyclic) bond motifs is 1. The van der Waals surface area contributed by atoms with Crippen molar-refractivity contribution in [1.29, 1.82) is 0 Å². The van der Waals surface area contributed by atoms with Crippen molar-refractivity contribution in [2.75, 3.05) is 31.5 Å². The number of nitrogens with one attached hydrogen (secondary N) is 1. The molecule has 0 radical (unpaired) electrons. The molecule has 2 heterocycles. The van der Waals surface area contributed by atoms with Crippen LogP contribution < -0.4 is 5.32 Å². The van der Waals surface area contributed by atoms with E-state index in [1.54, 1.807) is 11.5 Å². The van der Waals surface area contributed by atoms with Crippen LogP contribution in [0.5, 0.6) is 0 Å². The number of likely N-dealkylation sites (tertiary alicyclic amines) is 1. The molecule has 0 amide bonds. The Kier molecular flexibility index (Phi) is 3.99. The minimum Gasteiger partial charge on any atom is -0.375 e. The van der Waals surface area contributed by atoms with E-state index in [-0.39, 0.29) is 0 Å². The summed E-state index contributed by atoms with van der Waals surface area (Å²) in [7, 11) is 0. The van der Waals surface area contributed by atoms with Gasteiger partial charge in [-0.1, -0.05) is 19.1 Å². The summed E-state index contributed by atoms with van der Waals surface area (Å²) in [6.45, 7) is 7.14. The number of hydrogen-bond acceptors (Lipinski definition) is 4. The summed E-state index contributed by atoms with van der Waals surface area (Å²) in [5.74, 6) is 0.680. The van der Waals surface area contributed by atoms with E-state index in [0.29, 0.717) is 5.92 Å². The van der Waals surface area contributed by atoms with Gasteiger partial charge in [-0.3, -0.25) is 0 Å². The van der Waals surface area contributed by atoms with Crippen LogP contribution in [0.25, 0.3) is 10.9 Å². The van der Waals surface area contributed by atoms with Crippen LogP contribution in [-0.2, 0) is 0 Å². The van der Waals surface area contributed by atoms with Gasteiger partial charge in [-0.05, 0) is 55.5 Å². The maximum absolute atomic E-state index is 4.47. The molecule has 1 N–H and O–H groups in total. The molecule has 19 heavy (non-hydrogen) atoms. The summed E-state index contributed by atoms with van der Waals surface area (Å²) in [6, 6.07) is 8.34. The van der Waals surface area contributed by atoms with E-state index in [4.69, 9.17) is 0 Å². The highest BCUT2D eigenvalue weighted by Gasteiger charge is 2.15. The summed E-state index contributed by atoms with van der Waals surface area (Å²) in [5.41, 5.74) is 1.10. The first-order chi connectivity index (χ1) is 9.33. The van der Waals surface area contributed by atoms with Gasteiger partial charge in [0.2, 0.25) is 0 Å². The molecule has 1 aromatic heterocycles. The standard InChI is InChI=1S/C15H21N3S/c1-12(11-18-8-4-5-9-18)10-16-15-13-6-2-3-7-14(13)17-19-15/h2-3,6-7,12,16H,4-5,8-11H2,1H3. The largest absolute Gasteiger partial charge is 0.375 e. The Morgan fingerprint density at radius 2 is 2.11 bits per heavy atom. The third-order valence-electron chi connectivity index (χ3n) is 3.76. The Morgan fingerprint density at radius 1 is 1.32 bits per heavy atom. The Hall–Kier alpha value is -1.13. The van der Waals surface area contributed by atoms with E-state index in [1.165, 1.54) is 42.9 Å². The zero-order chi connectivity index (χ0) is 13.1. The summed E-state index contributed by atoms with van der Waals surface area (Å²) in [4.78, 5) is 2.58. The fourth-order valence-electron chi connectivity index (χ4n) is 2.75. The van der Waals surface area contributed by atoms with E-state index in [9.17, 15) is 0 Å². The van der Waals surface area contributed by atoms with Crippen LogP contribution in [-0.4, -0.2) is 35.5 Å². The van der Waals surface area contributed by atoms with E-state index in [0.717, 1.165) is 12.1 Å². The van der Waals surface area contributed by atoms with Crippen molar-refractivity contribution in [2.45, 2.75) is 19.8 Å². The predicted octanol–water partition coefficient (Wildman–Crippen LogP) is 3.44. The molecule has 0 aliphatic carbocycles. The second kappa shape index (κ2) is 5.88. The second-order valence-corrected chi connectivity index (χ2v) is 6.30. The van der Waals surface area contributed by atoms with Crippen LogP contribution >= 0.6 is 11.5 Å². The van der Waals surface area contributed by atoms with Gasteiger partial charge >= 0.3 is 0 Å². The number of benzene rings is 1. The lowest BCUT2D eigenvalue weighted by atomic mass is 10.1. The van der Waals surface area contributed by atoms with E-state index < -0.39 is 0 Å². The first kappa shape index (κ1) is 12.9. The average Bonchev–Trinajstić information content (AvgIpc) is 3.05. The normalized spacial score (nSPS) is 17.9. The number of anilines is 1. The van der Waals surface area contributed by atoms with Crippen molar-refractivity contribution in [1.82, 2.24) is 9.27 Å². The molecule has 2 aromatic rings. The topological polar surface area (TPSA) is 28.2 Å². The quantitative estimate of drug-likeness (QED) is 0.906. The van der Waals surface area contributed by atoms with Crippen LogP contribution in [0, 0.1) is 5.92 Å². The molecule has 3 nitrogen and oxygen atoms in total. The van der Waals surface area contributed by atoms with Crippen LogP contribution in [0.4, 0.5) is 5.00 Å². The molecule has 102 valence electrons. The van der Waals surface area contributed by atoms with Crippen LogP contribution in [0.1, 0.15) is 19.8 Å². The SMILES string of the molecule is CC(CNc1snc2ccccc12)CN1CCCC1. The van der Waals surface area contributed by atoms with Crippen LogP contribution in [0.15, 0.2) is 24.3 Å². The van der Waals surface area contributed by atoms with Crippen molar-refractivity contribution >= 4 is 27.4 Å². The lowest BCUT2D eigenvalue weighted by molar-refractivity contribution is 0.294. The summed E-state index contributed by atoms with van der Waals surface area (Å²) < 4.78 is 4.47. The van der Waals surface area contributed by atoms with Crippen molar-refractivity contribution < 1.29 is 0 Å². The van der Waals surface area contributed by atoms with Gasteiger partial charge in [-0.2, -0.15) is 4.37 Å². The molecular formula is C15H21N3S. The zero-order valence-electron chi connectivity index (χ0n) is 11.4. The Morgan fingerprint density at radius 3 is 2.95 bits per heavy atom. The van der Waals surface area contributed by atoms with E-state index in [2.05, 4.69) is 39.7 Å². The number of hydrogen-bond donors (Lipinski definition) is 1. The molecule has 1 saturated heterocycles. The second-order valence-electron chi connectivity index (χ2n) is 5.52. The Balaban J connectivity index is 1.56. The molecule has 1 unspecified atom stereocenters. The molecule has 4 heteroatoms. The summed E-state index contributed by atoms with van der Waals surface area (Å²) >= 11 is 1.57. The molecule has 3 rings (SSSR count). The Labute approximate surface area is 118 Å². The van der Waals surface area contributed by atoms with E-state index in [1.807, 2.05) is 6.07 Å². The summed E-state index contributed by atoms with van der Waals surface area (Å²) in [6.07, 6.45) is 2.75. The van der Waals surface area contributed by atoms with Crippen molar-refractivity contribution in [2.24, 2.45) is 5.92 Å². The van der Waals surface area contributed by atoms with Gasteiger partial charge in [0.15, 0.2) is 0 Å². The number of aromatic nitrogens is 1. The van der Waals surface area contributed by atoms with Gasteiger partial charge < -0.3 is 10.2 Å². The Bertz CT molecular complexity index is 531. The fraction of sp³-hybridized carbons (Fsp3) is 0.533. The smallest absolute Gasteiger partial charge is 0.117 e. The molecule has 1 aliphatic heterocycles. The fourth-order valence-corrected chi connectivity index (χ4v) is 3.52. The van der Waals surface area contributed by atoms with Crippen molar-refractivity contribution in [3.8, 4) is 0 Å². The first-order valence-corrected chi connectivity index (χ1v) is 7.91. The highest BCUT2D eigenvalue weighted by atomic mass is 32.1. The highest BCUT2D eigenvalue weighted by Crippen LogP contribution is 2.27. The monoisotopic (exact) mass is 275 g/mol. The lowest BCUT2D eigenvalue weighted by Gasteiger charge is -2.20. The third kappa shape index (κ3) is 3.07. The van der Waals surface area contributed by atoms with Crippen LogP contribution in [0.2, 0.25) is 0 Å². The van der Waals surface area contributed by atoms with Crippen LogP contribution in [0.3, 0.4) is 0 Å². The first-order valence-electron chi connectivity index (χ1n) is 7.13. The maximum atomic E-state index is 4.47. The van der Waals surface area contributed by atoms with E-state index >= 15 is 0 Å². The molecule has 0 spiro atoms. The molecule has 1 aliphatic rings. The maximum Gasteiger partial charge on any atom is 0.117 e. The van der Waals surface area contributed by atoms with Gasteiger partial charge in [0, 0.05) is 18.5 Å². The number of nitrogens with zero attached hydrogens (tertiary/aromatic N) is 2. The molecule has 1 atom stereocenters. The van der Waals surface area contributed by atoms with Crippen molar-refractivity contribution in [3.63, 3.8) is 0 Å². The van der Waals surface area contributed by atoms with Crippen molar-refractivity contribution in [3.05, 3.63) is 24.3 Å². The van der Waals surface area contributed by atoms with Gasteiger partial charge in [0.05, 0.1) is 5.52 Å². The minimum absolute atomic E-state index is 0.680. The zero-order valence-corrected chi connectivity index (χ0v) is 12.2. The third-order valence-corrected chi connectivity index (χ3v) is 4.60. The van der Waals surface area contributed by atoms with Gasteiger partial charge in [0.25, 0.3) is 0 Å². The lowest BCUT2D eigenvalue weighted by Crippen LogP contribution is -2.28.